The molecule has 0 radical (unpaired) electrons. The van der Waals surface area contributed by atoms with Crippen molar-refractivity contribution in [1.29, 1.82) is 0 Å². The van der Waals surface area contributed by atoms with Crippen molar-refractivity contribution in [3.8, 4) is 11.1 Å². The molecule has 5 aromatic rings. The van der Waals surface area contributed by atoms with E-state index in [-0.39, 0.29) is 5.69 Å². The van der Waals surface area contributed by atoms with E-state index in [9.17, 15) is 4.79 Å². The average Bonchev–Trinajstić information content (AvgIpc) is 3.21. The van der Waals surface area contributed by atoms with Crippen LogP contribution in [0.1, 0.15) is 5.82 Å². The first-order chi connectivity index (χ1) is 12.1. The quantitative estimate of drug-likeness (QED) is 0.484. The molecular weight excluding hydrogens is 338 g/mol. The van der Waals surface area contributed by atoms with Gasteiger partial charge in [-0.3, -0.25) is 0 Å². The van der Waals surface area contributed by atoms with E-state index in [0.717, 1.165) is 27.4 Å². The van der Waals surface area contributed by atoms with Gasteiger partial charge in [0.15, 0.2) is 5.65 Å². The smallest absolute Gasteiger partial charge is 0.348 e. The summed E-state index contributed by atoms with van der Waals surface area (Å²) in [6.07, 6.45) is 1.90. The molecule has 0 saturated heterocycles. The Morgan fingerprint density at radius 2 is 1.96 bits per heavy atom. The molecule has 7 heteroatoms. The fourth-order valence-corrected chi connectivity index (χ4v) is 3.55. The van der Waals surface area contributed by atoms with E-state index < -0.39 is 0 Å². The lowest BCUT2D eigenvalue weighted by atomic mass is 10.00. The molecule has 0 aliphatic heterocycles. The normalized spacial score (nSPS) is 11.8. The van der Waals surface area contributed by atoms with Gasteiger partial charge in [0.05, 0.1) is 10.5 Å². The van der Waals surface area contributed by atoms with Gasteiger partial charge >= 0.3 is 5.69 Å². The lowest BCUT2D eigenvalue weighted by molar-refractivity contribution is 0.863. The van der Waals surface area contributed by atoms with Gasteiger partial charge in [0.1, 0.15) is 5.82 Å². The van der Waals surface area contributed by atoms with Crippen molar-refractivity contribution in [3.05, 3.63) is 63.9 Å². The van der Waals surface area contributed by atoms with Gasteiger partial charge in [0, 0.05) is 28.0 Å². The van der Waals surface area contributed by atoms with Gasteiger partial charge in [0.2, 0.25) is 0 Å². The Hall–Kier alpha value is -3.12. The molecule has 0 aliphatic rings. The van der Waals surface area contributed by atoms with Crippen molar-refractivity contribution in [2.24, 2.45) is 0 Å². The predicted molar refractivity (Wildman–Crippen MR) is 98.2 cm³/mol. The summed E-state index contributed by atoms with van der Waals surface area (Å²) in [5.41, 5.74) is 3.77. The Bertz CT molecular complexity index is 1340. The van der Waals surface area contributed by atoms with E-state index in [1.54, 1.807) is 13.0 Å². The summed E-state index contributed by atoms with van der Waals surface area (Å²) in [4.78, 5) is 22.6. The second-order valence-corrected chi connectivity index (χ2v) is 6.35. The minimum Gasteiger partial charge on any atom is -0.361 e. The Labute approximate surface area is 146 Å². The molecule has 0 atom stereocenters. The number of benzene rings is 2. The molecule has 5 rings (SSSR count). The van der Waals surface area contributed by atoms with Crippen molar-refractivity contribution < 1.29 is 0 Å². The topological polar surface area (TPSA) is 78.8 Å². The largest absolute Gasteiger partial charge is 0.361 e. The predicted octanol–water partition coefficient (Wildman–Crippen LogP) is 3.68. The molecule has 25 heavy (non-hydrogen) atoms. The van der Waals surface area contributed by atoms with Crippen LogP contribution in [0.25, 0.3) is 38.6 Å². The molecule has 0 spiro atoms. The third kappa shape index (κ3) is 2.01. The van der Waals surface area contributed by atoms with Gasteiger partial charge in [-0.15, -0.1) is 5.10 Å². The van der Waals surface area contributed by atoms with Crippen LogP contribution in [0.4, 0.5) is 0 Å². The molecule has 0 amide bonds. The number of nitrogens with zero attached hydrogens (tertiary/aromatic N) is 3. The fraction of sp³-hybridized carbons (Fsp3) is 0.0556. The van der Waals surface area contributed by atoms with Crippen LogP contribution in [0.2, 0.25) is 5.02 Å². The first-order valence-corrected chi connectivity index (χ1v) is 8.15. The summed E-state index contributed by atoms with van der Waals surface area (Å²) in [7, 11) is 0. The van der Waals surface area contributed by atoms with Crippen molar-refractivity contribution in [2.45, 2.75) is 6.92 Å². The van der Waals surface area contributed by atoms with Crippen LogP contribution >= 0.6 is 11.6 Å². The van der Waals surface area contributed by atoms with Crippen LogP contribution in [-0.4, -0.2) is 24.6 Å². The highest BCUT2D eigenvalue weighted by Gasteiger charge is 2.14. The summed E-state index contributed by atoms with van der Waals surface area (Å²) in [6, 6.07) is 11.8. The molecule has 3 heterocycles. The van der Waals surface area contributed by atoms with Crippen LogP contribution < -0.4 is 5.69 Å². The number of hydrogen-bond acceptors (Lipinski definition) is 3. The molecular formula is C18H12ClN5O. The third-order valence-corrected chi connectivity index (χ3v) is 4.69. The summed E-state index contributed by atoms with van der Waals surface area (Å²) < 4.78 is 1.28. The van der Waals surface area contributed by atoms with Crippen LogP contribution in [0.3, 0.4) is 0 Å². The van der Waals surface area contributed by atoms with E-state index in [0.29, 0.717) is 22.0 Å². The van der Waals surface area contributed by atoms with Crippen molar-refractivity contribution in [3.63, 3.8) is 0 Å². The number of H-pyrrole nitrogens is 2. The van der Waals surface area contributed by atoms with E-state index in [4.69, 9.17) is 11.6 Å². The van der Waals surface area contributed by atoms with Gasteiger partial charge in [-0.1, -0.05) is 23.7 Å². The highest BCUT2D eigenvalue weighted by atomic mass is 35.5. The van der Waals surface area contributed by atoms with E-state index in [1.165, 1.54) is 4.52 Å². The molecule has 0 saturated carbocycles. The maximum absolute atomic E-state index is 12.2. The Balaban J connectivity index is 1.92. The van der Waals surface area contributed by atoms with Gasteiger partial charge in [0.25, 0.3) is 0 Å². The average molecular weight is 350 g/mol. The molecule has 3 aromatic heterocycles. The molecule has 0 fully saturated rings. The molecule has 0 unspecified atom stereocenters. The standard InChI is InChI=1S/C18H12ClN5O/c1-9-21-17-13-7-12(10-3-2-4-15-11(10)5-6-20-15)14(19)8-16(13)22-18(25)24(17)23-9/h2-8,20H,1H3,(H,22,25). The highest BCUT2D eigenvalue weighted by Crippen LogP contribution is 2.36. The number of aryl methyl sites for hydroxylation is 1. The monoisotopic (exact) mass is 349 g/mol. The van der Waals surface area contributed by atoms with E-state index >= 15 is 0 Å². The first kappa shape index (κ1) is 14.2. The Morgan fingerprint density at radius 1 is 1.08 bits per heavy atom. The lowest BCUT2D eigenvalue weighted by Crippen LogP contribution is -2.17. The number of nitrogens with one attached hydrogen (secondary N) is 2. The number of aromatic nitrogens is 5. The fourth-order valence-electron chi connectivity index (χ4n) is 3.29. The first-order valence-electron chi connectivity index (χ1n) is 7.77. The lowest BCUT2D eigenvalue weighted by Gasteiger charge is -2.09. The zero-order valence-corrected chi connectivity index (χ0v) is 13.9. The maximum Gasteiger partial charge on any atom is 0.348 e. The number of rotatable bonds is 1. The molecule has 0 bridgehead atoms. The molecule has 122 valence electrons. The molecule has 2 N–H and O–H groups in total. The van der Waals surface area contributed by atoms with E-state index in [2.05, 4.69) is 20.1 Å². The van der Waals surface area contributed by atoms with Gasteiger partial charge in [-0.25, -0.2) is 9.78 Å². The number of hydrogen-bond donors (Lipinski definition) is 2. The van der Waals surface area contributed by atoms with Crippen molar-refractivity contribution in [2.75, 3.05) is 0 Å². The van der Waals surface area contributed by atoms with Crippen LogP contribution in [0.15, 0.2) is 47.4 Å². The zero-order chi connectivity index (χ0) is 17.1. The van der Waals surface area contributed by atoms with E-state index in [1.807, 2.05) is 36.5 Å². The number of aromatic amines is 2. The molecule has 2 aromatic carbocycles. The summed E-state index contributed by atoms with van der Waals surface area (Å²) in [6.45, 7) is 1.76. The Morgan fingerprint density at radius 3 is 2.84 bits per heavy atom. The summed E-state index contributed by atoms with van der Waals surface area (Å²) in [5, 5.41) is 6.60. The van der Waals surface area contributed by atoms with Crippen molar-refractivity contribution >= 4 is 39.1 Å². The van der Waals surface area contributed by atoms with Gasteiger partial charge in [-0.05, 0) is 36.8 Å². The minimum absolute atomic E-state index is 0.334. The SMILES string of the molecule is Cc1nc2c3cc(-c4cccc5[nH]ccc45)c(Cl)cc3[nH]c(=O)n2n1. The van der Waals surface area contributed by atoms with Crippen LogP contribution in [-0.2, 0) is 0 Å². The second-order valence-electron chi connectivity index (χ2n) is 5.95. The third-order valence-electron chi connectivity index (χ3n) is 4.38. The van der Waals surface area contributed by atoms with Crippen LogP contribution in [0, 0.1) is 6.92 Å². The zero-order valence-electron chi connectivity index (χ0n) is 13.2. The summed E-state index contributed by atoms with van der Waals surface area (Å²) in [5.74, 6) is 0.544. The molecule has 6 nitrogen and oxygen atoms in total. The van der Waals surface area contributed by atoms with Gasteiger partial charge in [-0.2, -0.15) is 4.52 Å². The molecule has 0 aliphatic carbocycles. The maximum atomic E-state index is 12.2. The van der Waals surface area contributed by atoms with Crippen molar-refractivity contribution in [1.82, 2.24) is 24.6 Å². The number of fused-ring (bicyclic) bond motifs is 4. The Kier molecular flexibility index (Phi) is 2.81. The number of halogens is 1. The summed E-state index contributed by atoms with van der Waals surface area (Å²) >= 11 is 6.54. The van der Waals surface area contributed by atoms with Crippen LogP contribution in [0.5, 0.6) is 0 Å². The van der Waals surface area contributed by atoms with Gasteiger partial charge < -0.3 is 9.97 Å². The highest BCUT2D eigenvalue weighted by molar-refractivity contribution is 6.34. The minimum atomic E-state index is -0.334. The second kappa shape index (κ2) is 4.94.